The maximum atomic E-state index is 13.9. The summed E-state index contributed by atoms with van der Waals surface area (Å²) < 4.78 is 47.5. The first-order valence-corrected chi connectivity index (χ1v) is 11.2. The zero-order chi connectivity index (χ0) is 23.6. The van der Waals surface area contributed by atoms with Gasteiger partial charge in [0.15, 0.2) is 0 Å². The number of rotatable bonds is 7. The minimum Gasteiger partial charge on any atom is -0.441 e. The fraction of sp³-hybridized carbons (Fsp3) is 0.240. The van der Waals surface area contributed by atoms with Crippen LogP contribution >= 0.6 is 11.3 Å². The number of aromatic nitrogens is 1. The molecule has 0 amide bonds. The van der Waals surface area contributed by atoms with Crippen LogP contribution in [0.1, 0.15) is 24.0 Å². The van der Waals surface area contributed by atoms with Crippen molar-refractivity contribution in [3.8, 4) is 33.0 Å². The maximum Gasteiger partial charge on any atom is 0.426 e. The Bertz CT molecular complexity index is 1230. The predicted molar refractivity (Wildman–Crippen MR) is 124 cm³/mol. The number of oxazole rings is 1. The molecule has 2 aromatic heterocycles. The van der Waals surface area contributed by atoms with Gasteiger partial charge in [-0.15, -0.1) is 11.3 Å². The number of nitrogens with zero attached hydrogens (tertiary/aromatic N) is 1. The summed E-state index contributed by atoms with van der Waals surface area (Å²) in [5, 5.41) is 9.33. The van der Waals surface area contributed by atoms with Gasteiger partial charge in [-0.25, -0.2) is 4.98 Å². The van der Waals surface area contributed by atoms with E-state index in [1.807, 2.05) is 0 Å². The molecule has 33 heavy (non-hydrogen) atoms. The van der Waals surface area contributed by atoms with Gasteiger partial charge in [0, 0.05) is 33.5 Å². The third kappa shape index (κ3) is 5.19. The molecular weight excluding hydrogens is 449 g/mol. The van der Waals surface area contributed by atoms with Gasteiger partial charge in [-0.3, -0.25) is 0 Å². The van der Waals surface area contributed by atoms with Gasteiger partial charge in [0.1, 0.15) is 10.6 Å². The largest absolute Gasteiger partial charge is 0.441 e. The number of hydrogen-bond donors (Lipinski definition) is 2. The Kier molecular flexibility index (Phi) is 6.43. The molecule has 0 radical (unpaired) electrons. The monoisotopic (exact) mass is 472 g/mol. The molecule has 2 heterocycles. The van der Waals surface area contributed by atoms with Gasteiger partial charge in [-0.1, -0.05) is 48.5 Å². The number of nitrogens with two attached hydrogens (primary N) is 1. The van der Waals surface area contributed by atoms with E-state index in [4.69, 9.17) is 10.2 Å². The summed E-state index contributed by atoms with van der Waals surface area (Å²) in [6, 6.07) is 17.2. The van der Waals surface area contributed by atoms with E-state index in [-0.39, 0.29) is 12.2 Å². The zero-order valence-corrected chi connectivity index (χ0v) is 18.7. The summed E-state index contributed by atoms with van der Waals surface area (Å²) in [7, 11) is 0. The number of thiophene rings is 1. The summed E-state index contributed by atoms with van der Waals surface area (Å²) in [6.07, 6.45) is -1.90. The van der Waals surface area contributed by atoms with E-state index in [0.29, 0.717) is 57.4 Å². The molecule has 3 N–H and O–H groups in total. The summed E-state index contributed by atoms with van der Waals surface area (Å²) in [6.45, 7) is 1.60. The summed E-state index contributed by atoms with van der Waals surface area (Å²) in [5.41, 5.74) is 7.13. The molecule has 4 aromatic rings. The van der Waals surface area contributed by atoms with Crippen LogP contribution in [0.3, 0.4) is 0 Å². The first-order chi connectivity index (χ1) is 15.7. The lowest BCUT2D eigenvalue weighted by atomic mass is 9.98. The standard InChI is InChI=1S/C25H23F3N2O2S/c1-24(29,15-31)12-11-17-14-30-23(32-17)19-10-6-5-9-18(19)21-13-20(16-7-3-2-4-8-16)22(33-21)25(26,27)28/h2-10,13-14,31H,11-12,15,29H2,1H3. The highest BCUT2D eigenvalue weighted by atomic mass is 32.1. The molecule has 0 aliphatic heterocycles. The fourth-order valence-electron chi connectivity index (χ4n) is 3.49. The van der Waals surface area contributed by atoms with Crippen molar-refractivity contribution < 1.29 is 22.7 Å². The van der Waals surface area contributed by atoms with Gasteiger partial charge in [0.2, 0.25) is 5.89 Å². The van der Waals surface area contributed by atoms with Crippen LogP contribution in [0.5, 0.6) is 0 Å². The molecule has 172 valence electrons. The Morgan fingerprint density at radius 3 is 2.33 bits per heavy atom. The van der Waals surface area contributed by atoms with Gasteiger partial charge in [-0.2, -0.15) is 13.2 Å². The molecule has 0 saturated carbocycles. The van der Waals surface area contributed by atoms with Crippen LogP contribution in [-0.4, -0.2) is 22.2 Å². The molecule has 0 fully saturated rings. The predicted octanol–water partition coefficient (Wildman–Crippen LogP) is 6.40. The highest BCUT2D eigenvalue weighted by Crippen LogP contribution is 2.47. The van der Waals surface area contributed by atoms with Crippen molar-refractivity contribution in [1.29, 1.82) is 0 Å². The van der Waals surface area contributed by atoms with Gasteiger partial charge < -0.3 is 15.3 Å². The van der Waals surface area contributed by atoms with Crippen molar-refractivity contribution >= 4 is 11.3 Å². The molecular formula is C25H23F3N2O2S. The second-order valence-corrected chi connectivity index (χ2v) is 9.26. The molecule has 0 saturated heterocycles. The van der Waals surface area contributed by atoms with Crippen LogP contribution in [0.15, 0.2) is 71.3 Å². The quantitative estimate of drug-likeness (QED) is 0.327. The molecule has 4 rings (SSSR count). The van der Waals surface area contributed by atoms with Crippen molar-refractivity contribution in [3.05, 3.63) is 77.5 Å². The topological polar surface area (TPSA) is 72.3 Å². The van der Waals surface area contributed by atoms with Crippen LogP contribution in [0, 0.1) is 0 Å². The summed E-state index contributed by atoms with van der Waals surface area (Å²) >= 11 is 0.708. The van der Waals surface area contributed by atoms with E-state index in [1.54, 1.807) is 73.8 Å². The molecule has 4 nitrogen and oxygen atoms in total. The molecule has 2 aromatic carbocycles. The lowest BCUT2D eigenvalue weighted by molar-refractivity contribution is -0.133. The third-order valence-corrected chi connectivity index (χ3v) is 6.57. The van der Waals surface area contributed by atoms with Crippen LogP contribution in [0.2, 0.25) is 0 Å². The van der Waals surface area contributed by atoms with Crippen LogP contribution in [0.25, 0.3) is 33.0 Å². The highest BCUT2D eigenvalue weighted by Gasteiger charge is 2.36. The third-order valence-electron chi connectivity index (χ3n) is 5.35. The number of aryl methyl sites for hydroxylation is 1. The van der Waals surface area contributed by atoms with Gasteiger partial charge in [-0.05, 0) is 31.0 Å². The Balaban J connectivity index is 1.73. The summed E-state index contributed by atoms with van der Waals surface area (Å²) in [4.78, 5) is 4.18. The van der Waals surface area contributed by atoms with Crippen LogP contribution < -0.4 is 5.73 Å². The number of halogens is 3. The Hall–Kier alpha value is -2.94. The average molecular weight is 473 g/mol. The number of alkyl halides is 3. The minimum atomic E-state index is -4.47. The molecule has 8 heteroatoms. The second-order valence-electron chi connectivity index (χ2n) is 8.21. The number of aliphatic hydroxyl groups excluding tert-OH is 1. The molecule has 1 atom stereocenters. The van der Waals surface area contributed by atoms with E-state index >= 15 is 0 Å². The zero-order valence-electron chi connectivity index (χ0n) is 17.9. The lowest BCUT2D eigenvalue weighted by Crippen LogP contribution is -2.40. The van der Waals surface area contributed by atoms with Crippen molar-refractivity contribution in [1.82, 2.24) is 4.98 Å². The smallest absolute Gasteiger partial charge is 0.426 e. The number of hydrogen-bond acceptors (Lipinski definition) is 5. The Morgan fingerprint density at radius 2 is 1.67 bits per heavy atom. The van der Waals surface area contributed by atoms with E-state index < -0.39 is 16.6 Å². The SMILES string of the molecule is CC(N)(CO)CCc1cnc(-c2ccccc2-c2cc(-c3ccccc3)c(C(F)(F)F)s2)o1. The summed E-state index contributed by atoms with van der Waals surface area (Å²) in [5.74, 6) is 0.920. The minimum absolute atomic E-state index is 0.150. The van der Waals surface area contributed by atoms with E-state index in [9.17, 15) is 18.3 Å². The Morgan fingerprint density at radius 1 is 1.00 bits per heavy atom. The first-order valence-electron chi connectivity index (χ1n) is 10.4. The molecule has 0 bridgehead atoms. The van der Waals surface area contributed by atoms with E-state index in [2.05, 4.69) is 4.98 Å². The first kappa shape index (κ1) is 23.2. The second kappa shape index (κ2) is 9.13. The number of aliphatic hydroxyl groups is 1. The molecule has 1 unspecified atom stereocenters. The van der Waals surface area contributed by atoms with E-state index in [1.165, 1.54) is 0 Å². The van der Waals surface area contributed by atoms with Crippen molar-refractivity contribution in [2.75, 3.05) is 6.61 Å². The maximum absolute atomic E-state index is 13.9. The highest BCUT2D eigenvalue weighted by molar-refractivity contribution is 7.16. The van der Waals surface area contributed by atoms with Crippen LogP contribution in [-0.2, 0) is 12.6 Å². The fourth-order valence-corrected chi connectivity index (χ4v) is 4.57. The van der Waals surface area contributed by atoms with Crippen molar-refractivity contribution in [3.63, 3.8) is 0 Å². The van der Waals surface area contributed by atoms with Gasteiger partial charge in [0.25, 0.3) is 0 Å². The molecule has 0 aliphatic carbocycles. The van der Waals surface area contributed by atoms with Crippen molar-refractivity contribution in [2.24, 2.45) is 5.73 Å². The number of benzene rings is 2. The average Bonchev–Trinajstić information content (AvgIpc) is 3.46. The normalized spacial score (nSPS) is 13.8. The van der Waals surface area contributed by atoms with Crippen molar-refractivity contribution in [2.45, 2.75) is 31.5 Å². The molecule has 0 aliphatic rings. The van der Waals surface area contributed by atoms with E-state index in [0.717, 1.165) is 0 Å². The van der Waals surface area contributed by atoms with Gasteiger partial charge in [0.05, 0.1) is 12.8 Å². The lowest BCUT2D eigenvalue weighted by Gasteiger charge is -2.20. The molecule has 0 spiro atoms. The van der Waals surface area contributed by atoms with Gasteiger partial charge >= 0.3 is 6.18 Å². The Labute approximate surface area is 193 Å². The van der Waals surface area contributed by atoms with Crippen LogP contribution in [0.4, 0.5) is 13.2 Å².